The number of non-ortho nitro benzene ring substituents is 1. The second kappa shape index (κ2) is 7.25. The molecule has 0 heterocycles. The third-order valence-electron chi connectivity index (χ3n) is 2.46. The molecule has 0 aliphatic carbocycles. The van der Waals surface area contributed by atoms with Gasteiger partial charge in [0.1, 0.15) is 5.75 Å². The molecule has 0 saturated carbocycles. The first-order valence-electron chi connectivity index (χ1n) is 5.92. The van der Waals surface area contributed by atoms with Crippen LogP contribution in [-0.4, -0.2) is 29.1 Å². The molecule has 1 amide bonds. The van der Waals surface area contributed by atoms with Crippen molar-refractivity contribution in [3.05, 3.63) is 46.5 Å². The first-order chi connectivity index (χ1) is 9.45. The summed E-state index contributed by atoms with van der Waals surface area (Å²) in [4.78, 5) is 21.5. The Bertz CT molecular complexity index is 513. The van der Waals surface area contributed by atoms with Gasteiger partial charge in [0.05, 0.1) is 11.0 Å². The summed E-state index contributed by atoms with van der Waals surface area (Å²) >= 11 is 0. The summed E-state index contributed by atoms with van der Waals surface area (Å²) in [5.74, 6) is -0.112. The van der Waals surface area contributed by atoms with Crippen LogP contribution in [0.1, 0.15) is 18.6 Å². The molecular formula is C13H16N2O5. The first-order valence-corrected chi connectivity index (χ1v) is 5.92. The maximum atomic E-state index is 11.4. The van der Waals surface area contributed by atoms with Crippen LogP contribution in [0.25, 0.3) is 0 Å². The van der Waals surface area contributed by atoms with Gasteiger partial charge in [0.25, 0.3) is 11.6 Å². The highest BCUT2D eigenvalue weighted by Gasteiger charge is 2.16. The Hall–Kier alpha value is -2.41. The summed E-state index contributed by atoms with van der Waals surface area (Å²) in [5.41, 5.74) is 0.111. The Morgan fingerprint density at radius 1 is 1.65 bits per heavy atom. The van der Waals surface area contributed by atoms with Crippen molar-refractivity contribution in [2.45, 2.75) is 13.0 Å². The Morgan fingerprint density at radius 2 is 2.35 bits per heavy atom. The number of hydrogen-bond acceptors (Lipinski definition) is 5. The molecular weight excluding hydrogens is 264 g/mol. The Labute approximate surface area is 116 Å². The lowest BCUT2D eigenvalue weighted by molar-refractivity contribution is -0.385. The quantitative estimate of drug-likeness (QED) is 0.445. The van der Waals surface area contributed by atoms with Gasteiger partial charge in [-0.05, 0) is 13.0 Å². The van der Waals surface area contributed by atoms with Crippen LogP contribution in [-0.2, 0) is 4.79 Å². The molecule has 0 fully saturated rings. The number of aliphatic hydroxyl groups is 1. The molecule has 0 aromatic heterocycles. The van der Waals surface area contributed by atoms with Gasteiger partial charge in [0.2, 0.25) is 0 Å². The highest BCUT2D eigenvalue weighted by molar-refractivity contribution is 5.77. The molecule has 0 spiro atoms. The molecule has 20 heavy (non-hydrogen) atoms. The number of carbonyl (C=O) groups is 1. The van der Waals surface area contributed by atoms with Gasteiger partial charge in [-0.1, -0.05) is 6.08 Å². The van der Waals surface area contributed by atoms with Gasteiger partial charge < -0.3 is 15.2 Å². The minimum absolute atomic E-state index is 0.149. The van der Waals surface area contributed by atoms with Crippen LogP contribution in [0.5, 0.6) is 5.75 Å². The van der Waals surface area contributed by atoms with Crippen molar-refractivity contribution < 1.29 is 19.6 Å². The van der Waals surface area contributed by atoms with Crippen LogP contribution in [0, 0.1) is 10.1 Å². The van der Waals surface area contributed by atoms with E-state index in [0.29, 0.717) is 6.54 Å². The van der Waals surface area contributed by atoms with E-state index in [-0.39, 0.29) is 29.5 Å². The maximum Gasteiger partial charge on any atom is 0.270 e. The van der Waals surface area contributed by atoms with E-state index in [0.717, 1.165) is 0 Å². The number of nitro groups is 1. The van der Waals surface area contributed by atoms with E-state index in [9.17, 15) is 20.0 Å². The summed E-state index contributed by atoms with van der Waals surface area (Å²) in [6.45, 7) is 5.00. The average Bonchev–Trinajstić information content (AvgIpc) is 2.42. The number of nitrogens with zero attached hydrogens (tertiary/aromatic N) is 1. The lowest BCUT2D eigenvalue weighted by Crippen LogP contribution is -2.29. The summed E-state index contributed by atoms with van der Waals surface area (Å²) in [6.07, 6.45) is 0.589. The van der Waals surface area contributed by atoms with Crippen molar-refractivity contribution in [1.29, 1.82) is 0 Å². The largest absolute Gasteiger partial charge is 0.483 e. The molecule has 0 aliphatic heterocycles. The highest BCUT2D eigenvalue weighted by Crippen LogP contribution is 2.29. The number of hydrogen-bond donors (Lipinski definition) is 2. The molecule has 0 bridgehead atoms. The second-order valence-corrected chi connectivity index (χ2v) is 4.04. The molecule has 0 radical (unpaired) electrons. The molecule has 108 valence electrons. The molecule has 1 unspecified atom stereocenters. The Balaban J connectivity index is 2.81. The smallest absolute Gasteiger partial charge is 0.270 e. The van der Waals surface area contributed by atoms with Crippen LogP contribution in [0.3, 0.4) is 0 Å². The van der Waals surface area contributed by atoms with Crippen molar-refractivity contribution in [1.82, 2.24) is 5.32 Å². The number of ether oxygens (including phenoxy) is 1. The van der Waals surface area contributed by atoms with Gasteiger partial charge in [-0.3, -0.25) is 14.9 Å². The molecule has 7 heteroatoms. The van der Waals surface area contributed by atoms with E-state index in [2.05, 4.69) is 11.9 Å². The van der Waals surface area contributed by atoms with Crippen LogP contribution in [0.4, 0.5) is 5.69 Å². The zero-order valence-corrected chi connectivity index (χ0v) is 11.0. The first kappa shape index (κ1) is 15.6. The number of amides is 1. The SMILES string of the molecule is C=CCNC(=O)COc1ccc([N+](=O)[O-])cc1C(C)O. The van der Waals surface area contributed by atoms with Gasteiger partial charge in [-0.25, -0.2) is 0 Å². The molecule has 0 aliphatic rings. The third kappa shape index (κ3) is 4.36. The number of aliphatic hydroxyl groups excluding tert-OH is 1. The minimum Gasteiger partial charge on any atom is -0.483 e. The normalized spacial score (nSPS) is 11.5. The van der Waals surface area contributed by atoms with E-state index in [1.165, 1.54) is 31.2 Å². The fraction of sp³-hybridized carbons (Fsp3) is 0.308. The lowest BCUT2D eigenvalue weighted by Gasteiger charge is -2.13. The molecule has 7 nitrogen and oxygen atoms in total. The van der Waals surface area contributed by atoms with E-state index < -0.39 is 11.0 Å². The van der Waals surface area contributed by atoms with E-state index in [1.54, 1.807) is 0 Å². The Kier molecular flexibility index (Phi) is 5.67. The number of benzene rings is 1. The lowest BCUT2D eigenvalue weighted by atomic mass is 10.1. The van der Waals surface area contributed by atoms with Crippen molar-refractivity contribution in [3.63, 3.8) is 0 Å². The number of nitrogens with one attached hydrogen (secondary N) is 1. The maximum absolute atomic E-state index is 11.4. The predicted molar refractivity (Wildman–Crippen MR) is 72.4 cm³/mol. The zero-order valence-electron chi connectivity index (χ0n) is 11.0. The summed E-state index contributed by atoms with van der Waals surface area (Å²) < 4.78 is 5.26. The fourth-order valence-corrected chi connectivity index (χ4v) is 1.49. The van der Waals surface area contributed by atoms with Crippen LogP contribution in [0.2, 0.25) is 0 Å². The van der Waals surface area contributed by atoms with Crippen LogP contribution >= 0.6 is 0 Å². The summed E-state index contributed by atoms with van der Waals surface area (Å²) in [7, 11) is 0. The van der Waals surface area contributed by atoms with Crippen molar-refractivity contribution in [2.75, 3.05) is 13.2 Å². The van der Waals surface area contributed by atoms with Crippen molar-refractivity contribution in [2.24, 2.45) is 0 Å². The summed E-state index contributed by atoms with van der Waals surface area (Å²) in [6, 6.07) is 3.84. The summed E-state index contributed by atoms with van der Waals surface area (Å²) in [5, 5.41) is 22.8. The predicted octanol–water partition coefficient (Wildman–Crippen LogP) is 1.33. The third-order valence-corrected chi connectivity index (χ3v) is 2.46. The molecule has 1 aromatic carbocycles. The van der Waals surface area contributed by atoms with Crippen molar-refractivity contribution in [3.8, 4) is 5.75 Å². The number of rotatable bonds is 7. The number of carbonyl (C=O) groups excluding carboxylic acids is 1. The Morgan fingerprint density at radius 3 is 2.90 bits per heavy atom. The second-order valence-electron chi connectivity index (χ2n) is 4.04. The van der Waals surface area contributed by atoms with Gasteiger partial charge >= 0.3 is 0 Å². The molecule has 1 atom stereocenters. The average molecular weight is 280 g/mol. The van der Waals surface area contributed by atoms with E-state index in [1.807, 2.05) is 0 Å². The van der Waals surface area contributed by atoms with Gasteiger partial charge in [-0.15, -0.1) is 6.58 Å². The molecule has 0 saturated heterocycles. The molecule has 2 N–H and O–H groups in total. The standard InChI is InChI=1S/C13H16N2O5/c1-3-6-14-13(17)8-20-12-5-4-10(15(18)19)7-11(12)9(2)16/h3-5,7,9,16H,1,6,8H2,2H3,(H,14,17). The fourth-order valence-electron chi connectivity index (χ4n) is 1.49. The van der Waals surface area contributed by atoms with Gasteiger partial charge in [0, 0.05) is 24.2 Å². The molecule has 1 aromatic rings. The minimum atomic E-state index is -0.943. The van der Waals surface area contributed by atoms with Crippen LogP contribution in [0.15, 0.2) is 30.9 Å². The van der Waals surface area contributed by atoms with Gasteiger partial charge in [0.15, 0.2) is 6.61 Å². The van der Waals surface area contributed by atoms with Crippen molar-refractivity contribution >= 4 is 11.6 Å². The number of nitro benzene ring substituents is 1. The monoisotopic (exact) mass is 280 g/mol. The van der Waals surface area contributed by atoms with Gasteiger partial charge in [-0.2, -0.15) is 0 Å². The van der Waals surface area contributed by atoms with Crippen LogP contribution < -0.4 is 10.1 Å². The van der Waals surface area contributed by atoms with E-state index >= 15 is 0 Å². The van der Waals surface area contributed by atoms with E-state index in [4.69, 9.17) is 4.74 Å². The topological polar surface area (TPSA) is 102 Å². The molecule has 1 rings (SSSR count). The zero-order chi connectivity index (χ0) is 15.1. The highest BCUT2D eigenvalue weighted by atomic mass is 16.6.